The van der Waals surface area contributed by atoms with Crippen molar-refractivity contribution >= 4 is 5.97 Å². The summed E-state index contributed by atoms with van der Waals surface area (Å²) >= 11 is 0. The summed E-state index contributed by atoms with van der Waals surface area (Å²) in [4.78, 5) is 11.2. The Morgan fingerprint density at radius 3 is 2.41 bits per heavy atom. The summed E-state index contributed by atoms with van der Waals surface area (Å²) in [6.07, 6.45) is 9.55. The Hall–Kier alpha value is -1.71. The summed E-state index contributed by atoms with van der Waals surface area (Å²) in [5.41, 5.74) is 1.27. The van der Waals surface area contributed by atoms with Gasteiger partial charge in [0, 0.05) is 0 Å². The molecule has 27 heavy (non-hydrogen) atoms. The molecule has 0 heterocycles. The van der Waals surface area contributed by atoms with Crippen LogP contribution in [0.3, 0.4) is 0 Å². The largest absolute Gasteiger partial charge is 0.493 e. The van der Waals surface area contributed by atoms with E-state index >= 15 is 0 Å². The van der Waals surface area contributed by atoms with Crippen LogP contribution >= 0.6 is 0 Å². The third kappa shape index (κ3) is 9.16. The highest BCUT2D eigenvalue weighted by atomic mass is 16.5. The molecule has 0 saturated heterocycles. The zero-order valence-electron chi connectivity index (χ0n) is 17.6. The van der Waals surface area contributed by atoms with Gasteiger partial charge in [0.15, 0.2) is 11.5 Å². The zero-order valence-corrected chi connectivity index (χ0v) is 17.6. The summed E-state index contributed by atoms with van der Waals surface area (Å²) in [6.45, 7) is 6.90. The molecule has 0 aliphatic rings. The van der Waals surface area contributed by atoms with E-state index in [1.807, 2.05) is 19.9 Å². The molecule has 4 nitrogen and oxygen atoms in total. The molecule has 0 spiro atoms. The third-order valence-corrected chi connectivity index (χ3v) is 5.09. The number of rotatable bonds is 15. The molecule has 0 radical (unpaired) electrons. The van der Waals surface area contributed by atoms with Gasteiger partial charge < -0.3 is 14.6 Å². The number of carboxylic acid groups (broad SMARTS) is 1. The fourth-order valence-electron chi connectivity index (χ4n) is 3.31. The van der Waals surface area contributed by atoms with Gasteiger partial charge in [-0.3, -0.25) is 4.79 Å². The first kappa shape index (κ1) is 23.3. The minimum absolute atomic E-state index is 0.206. The predicted octanol–water partition coefficient (Wildman–Crippen LogP) is 6.11. The lowest BCUT2D eigenvalue weighted by Gasteiger charge is -2.15. The van der Waals surface area contributed by atoms with E-state index in [-0.39, 0.29) is 11.8 Å². The fraction of sp³-hybridized carbons (Fsp3) is 0.696. The van der Waals surface area contributed by atoms with E-state index in [1.165, 1.54) is 18.4 Å². The molecule has 0 aliphatic heterocycles. The van der Waals surface area contributed by atoms with Gasteiger partial charge in [0.05, 0.1) is 19.6 Å². The minimum atomic E-state index is -0.658. The van der Waals surface area contributed by atoms with Crippen LogP contribution in [0.15, 0.2) is 18.2 Å². The Morgan fingerprint density at radius 1 is 1.04 bits per heavy atom. The van der Waals surface area contributed by atoms with E-state index in [1.54, 1.807) is 7.11 Å². The molecular formula is C23H38O4. The highest BCUT2D eigenvalue weighted by molar-refractivity contribution is 5.70. The fourth-order valence-corrected chi connectivity index (χ4v) is 3.31. The molecule has 0 amide bonds. The zero-order chi connectivity index (χ0) is 20.1. The van der Waals surface area contributed by atoms with E-state index in [9.17, 15) is 9.90 Å². The number of carbonyl (C=O) groups is 1. The quantitative estimate of drug-likeness (QED) is 0.374. The predicted molar refractivity (Wildman–Crippen MR) is 111 cm³/mol. The van der Waals surface area contributed by atoms with E-state index < -0.39 is 5.97 Å². The lowest BCUT2D eigenvalue weighted by Crippen LogP contribution is -2.19. The molecule has 0 saturated carbocycles. The normalized spacial score (nSPS) is 12.2. The molecule has 0 fully saturated rings. The second-order valence-electron chi connectivity index (χ2n) is 7.68. The Morgan fingerprint density at radius 2 is 1.78 bits per heavy atom. The van der Waals surface area contributed by atoms with Crippen LogP contribution in [0.25, 0.3) is 0 Å². The first-order valence-electron chi connectivity index (χ1n) is 10.5. The number of hydrogen-bond donors (Lipinski definition) is 1. The number of ether oxygens (including phenoxy) is 2. The van der Waals surface area contributed by atoms with Crippen molar-refractivity contribution in [2.45, 2.75) is 78.6 Å². The smallest absolute Gasteiger partial charge is 0.306 e. The van der Waals surface area contributed by atoms with Gasteiger partial charge in [0.25, 0.3) is 0 Å². The van der Waals surface area contributed by atoms with E-state index in [0.29, 0.717) is 0 Å². The maximum Gasteiger partial charge on any atom is 0.306 e. The summed E-state index contributed by atoms with van der Waals surface area (Å²) in [7, 11) is 1.68. The molecule has 154 valence electrons. The first-order chi connectivity index (χ1) is 13.0. The average Bonchev–Trinajstić information content (AvgIpc) is 2.64. The van der Waals surface area contributed by atoms with E-state index in [2.05, 4.69) is 19.1 Å². The van der Waals surface area contributed by atoms with Gasteiger partial charge in [0.2, 0.25) is 0 Å². The van der Waals surface area contributed by atoms with Crippen LogP contribution in [0.1, 0.15) is 77.7 Å². The van der Waals surface area contributed by atoms with E-state index in [0.717, 1.165) is 63.1 Å². The topological polar surface area (TPSA) is 55.8 Å². The molecule has 1 atom stereocenters. The Labute approximate surface area is 165 Å². The van der Waals surface area contributed by atoms with Crippen LogP contribution in [-0.2, 0) is 11.2 Å². The standard InChI is InChI=1S/C23H38O4/c1-5-6-11-16-27-22-17-19(14-15-21(22)26-4)12-9-7-8-10-13-20(18(2)3)23(24)25/h14-15,17-18,20H,5-13,16H2,1-4H3,(H,24,25). The number of aliphatic carboxylic acids is 1. The van der Waals surface area contributed by atoms with Gasteiger partial charge in [-0.25, -0.2) is 0 Å². The number of carboxylic acids is 1. The maximum absolute atomic E-state index is 11.2. The molecule has 1 N–H and O–H groups in total. The van der Waals surface area contributed by atoms with Gasteiger partial charge in [-0.15, -0.1) is 0 Å². The SMILES string of the molecule is CCCCCOc1cc(CCCCCCC(C(=O)O)C(C)C)ccc1OC. The van der Waals surface area contributed by atoms with E-state index in [4.69, 9.17) is 9.47 Å². The second kappa shape index (κ2) is 13.5. The van der Waals surface area contributed by atoms with Crippen molar-refractivity contribution in [1.82, 2.24) is 0 Å². The molecule has 1 aromatic carbocycles. The highest BCUT2D eigenvalue weighted by Crippen LogP contribution is 2.29. The van der Waals surface area contributed by atoms with Gasteiger partial charge >= 0.3 is 5.97 Å². The van der Waals surface area contributed by atoms with Gasteiger partial charge in [-0.05, 0) is 49.3 Å². The number of unbranched alkanes of at least 4 members (excludes halogenated alkanes) is 5. The molecule has 4 heteroatoms. The molecule has 1 aromatic rings. The van der Waals surface area contributed by atoms with Crippen LogP contribution in [-0.4, -0.2) is 24.8 Å². The van der Waals surface area contributed by atoms with Crippen LogP contribution in [0.4, 0.5) is 0 Å². The maximum atomic E-state index is 11.2. The van der Waals surface area contributed by atoms with Crippen molar-refractivity contribution in [3.05, 3.63) is 23.8 Å². The number of benzene rings is 1. The summed E-state index contributed by atoms with van der Waals surface area (Å²) in [5, 5.41) is 9.23. The molecule has 0 aromatic heterocycles. The van der Waals surface area contributed by atoms with Crippen LogP contribution in [0, 0.1) is 11.8 Å². The van der Waals surface area contributed by atoms with Crippen LogP contribution in [0.5, 0.6) is 11.5 Å². The molecule has 1 rings (SSSR count). The Kier molecular flexibility index (Phi) is 11.6. The second-order valence-corrected chi connectivity index (χ2v) is 7.68. The first-order valence-corrected chi connectivity index (χ1v) is 10.5. The Bertz CT molecular complexity index is 539. The van der Waals surface area contributed by atoms with Crippen LogP contribution < -0.4 is 9.47 Å². The van der Waals surface area contributed by atoms with Crippen molar-refractivity contribution in [1.29, 1.82) is 0 Å². The third-order valence-electron chi connectivity index (χ3n) is 5.09. The van der Waals surface area contributed by atoms with Crippen molar-refractivity contribution in [3.8, 4) is 11.5 Å². The molecule has 0 bridgehead atoms. The number of methoxy groups -OCH3 is 1. The van der Waals surface area contributed by atoms with Crippen molar-refractivity contribution in [2.24, 2.45) is 11.8 Å². The van der Waals surface area contributed by atoms with Crippen LogP contribution in [0.2, 0.25) is 0 Å². The Balaban J connectivity index is 2.36. The monoisotopic (exact) mass is 378 g/mol. The summed E-state index contributed by atoms with van der Waals surface area (Å²) in [6, 6.07) is 6.20. The van der Waals surface area contributed by atoms with Gasteiger partial charge in [-0.2, -0.15) is 0 Å². The molecule has 1 unspecified atom stereocenters. The lowest BCUT2D eigenvalue weighted by molar-refractivity contribution is -0.143. The molecule has 0 aliphatic carbocycles. The van der Waals surface area contributed by atoms with Gasteiger partial charge in [-0.1, -0.05) is 58.9 Å². The summed E-state index contributed by atoms with van der Waals surface area (Å²) in [5.74, 6) is 0.974. The average molecular weight is 379 g/mol. The highest BCUT2D eigenvalue weighted by Gasteiger charge is 2.20. The molecular weight excluding hydrogens is 340 g/mol. The number of hydrogen-bond acceptors (Lipinski definition) is 3. The lowest BCUT2D eigenvalue weighted by atomic mass is 9.90. The van der Waals surface area contributed by atoms with Gasteiger partial charge in [0.1, 0.15) is 0 Å². The van der Waals surface area contributed by atoms with Crippen molar-refractivity contribution in [3.63, 3.8) is 0 Å². The summed E-state index contributed by atoms with van der Waals surface area (Å²) < 4.78 is 11.3. The minimum Gasteiger partial charge on any atom is -0.493 e. The number of aryl methyl sites for hydroxylation is 1. The van der Waals surface area contributed by atoms with Crippen molar-refractivity contribution < 1.29 is 19.4 Å². The van der Waals surface area contributed by atoms with Crippen molar-refractivity contribution in [2.75, 3.05) is 13.7 Å².